The molecular weight excluding hydrogens is 439 g/mol. The number of benzene rings is 3. The van der Waals surface area contributed by atoms with Crippen molar-refractivity contribution in [1.29, 1.82) is 0 Å². The number of ketones is 1. The van der Waals surface area contributed by atoms with Crippen molar-refractivity contribution < 1.29 is 24.0 Å². The van der Waals surface area contributed by atoms with Crippen LogP contribution in [0.25, 0.3) is 5.76 Å². The summed E-state index contributed by atoms with van der Waals surface area (Å²) in [5.74, 6) is -2.93. The molecule has 3 aromatic rings. The first-order valence-electron chi connectivity index (χ1n) is 9.35. The van der Waals surface area contributed by atoms with Crippen LogP contribution in [0.5, 0.6) is 0 Å². The third-order valence-electron chi connectivity index (χ3n) is 5.06. The Morgan fingerprint density at radius 3 is 2.31 bits per heavy atom. The van der Waals surface area contributed by atoms with E-state index in [0.29, 0.717) is 5.02 Å². The fraction of sp³-hybridized carbons (Fsp3) is 0.0435. The molecule has 0 aliphatic carbocycles. The molecule has 1 fully saturated rings. The van der Waals surface area contributed by atoms with Gasteiger partial charge in [0.15, 0.2) is 0 Å². The molecule has 3 aromatic carbocycles. The van der Waals surface area contributed by atoms with Crippen molar-refractivity contribution in [3.05, 3.63) is 110 Å². The maximum Gasteiger partial charge on any atom is 0.300 e. The lowest BCUT2D eigenvalue weighted by molar-refractivity contribution is -0.384. The number of hydrogen-bond donors (Lipinski definition) is 1. The Morgan fingerprint density at radius 1 is 1.03 bits per heavy atom. The highest BCUT2D eigenvalue weighted by Gasteiger charge is 2.47. The van der Waals surface area contributed by atoms with Crippen molar-refractivity contribution in [3.8, 4) is 0 Å². The first kappa shape index (κ1) is 21.2. The fourth-order valence-corrected chi connectivity index (χ4v) is 3.71. The number of halogens is 2. The van der Waals surface area contributed by atoms with E-state index in [0.717, 1.165) is 17.0 Å². The van der Waals surface area contributed by atoms with Gasteiger partial charge in [-0.1, -0.05) is 23.7 Å². The maximum atomic E-state index is 13.5. The summed E-state index contributed by atoms with van der Waals surface area (Å²) in [5, 5.41) is 22.7. The molecule has 7 nitrogen and oxygen atoms in total. The van der Waals surface area contributed by atoms with E-state index in [1.165, 1.54) is 60.7 Å². The van der Waals surface area contributed by atoms with Gasteiger partial charge in [0.05, 0.1) is 16.5 Å². The number of amides is 1. The Hall–Kier alpha value is -4.04. The van der Waals surface area contributed by atoms with Crippen LogP contribution in [0.3, 0.4) is 0 Å². The predicted molar refractivity (Wildman–Crippen MR) is 116 cm³/mol. The van der Waals surface area contributed by atoms with Gasteiger partial charge in [0.1, 0.15) is 11.6 Å². The second-order valence-corrected chi connectivity index (χ2v) is 7.44. The van der Waals surface area contributed by atoms with Crippen LogP contribution in [0.15, 0.2) is 78.4 Å². The van der Waals surface area contributed by atoms with Crippen LogP contribution in [-0.2, 0) is 9.59 Å². The average molecular weight is 453 g/mol. The number of anilines is 1. The zero-order valence-corrected chi connectivity index (χ0v) is 17.0. The van der Waals surface area contributed by atoms with E-state index >= 15 is 0 Å². The number of Topliss-reactive ketones (excluding diaryl/α,β-unsaturated/α-hetero) is 1. The van der Waals surface area contributed by atoms with Crippen LogP contribution in [0.2, 0.25) is 5.02 Å². The molecule has 0 bridgehead atoms. The van der Waals surface area contributed by atoms with E-state index in [4.69, 9.17) is 11.6 Å². The van der Waals surface area contributed by atoms with E-state index in [9.17, 15) is 29.2 Å². The van der Waals surface area contributed by atoms with E-state index < -0.39 is 34.2 Å². The number of carbonyl (C=O) groups is 2. The number of carbonyl (C=O) groups excluding carboxylic acids is 2. The second kappa shape index (κ2) is 8.24. The molecule has 1 heterocycles. The largest absolute Gasteiger partial charge is 0.507 e. The third kappa shape index (κ3) is 3.72. The van der Waals surface area contributed by atoms with Gasteiger partial charge in [-0.25, -0.2) is 4.39 Å². The molecule has 160 valence electrons. The second-order valence-electron chi connectivity index (χ2n) is 7.00. The summed E-state index contributed by atoms with van der Waals surface area (Å²) < 4.78 is 13.5. The van der Waals surface area contributed by atoms with Crippen molar-refractivity contribution >= 4 is 40.4 Å². The molecule has 4 rings (SSSR count). The van der Waals surface area contributed by atoms with Crippen LogP contribution in [0.4, 0.5) is 15.8 Å². The molecule has 32 heavy (non-hydrogen) atoms. The number of nitro groups is 1. The Balaban J connectivity index is 1.96. The monoisotopic (exact) mass is 452 g/mol. The van der Waals surface area contributed by atoms with Gasteiger partial charge in [-0.2, -0.15) is 0 Å². The number of aliphatic hydroxyl groups is 1. The molecule has 1 amide bonds. The molecule has 1 N–H and O–H groups in total. The normalized spacial score (nSPS) is 17.6. The van der Waals surface area contributed by atoms with Gasteiger partial charge < -0.3 is 5.11 Å². The van der Waals surface area contributed by atoms with Crippen molar-refractivity contribution in [2.45, 2.75) is 6.04 Å². The minimum absolute atomic E-state index is 0.195. The molecule has 1 aliphatic heterocycles. The van der Waals surface area contributed by atoms with Crippen molar-refractivity contribution in [2.75, 3.05) is 4.90 Å². The smallest absolute Gasteiger partial charge is 0.300 e. The molecule has 0 radical (unpaired) electrons. The maximum absolute atomic E-state index is 13.5. The lowest BCUT2D eigenvalue weighted by Gasteiger charge is -2.25. The first-order valence-corrected chi connectivity index (χ1v) is 9.72. The predicted octanol–water partition coefficient (Wildman–Crippen LogP) is 5.01. The Bertz CT molecular complexity index is 1270. The Morgan fingerprint density at radius 2 is 1.69 bits per heavy atom. The average Bonchev–Trinajstić information content (AvgIpc) is 3.05. The minimum atomic E-state index is -1.17. The summed E-state index contributed by atoms with van der Waals surface area (Å²) in [5.41, 5.74) is 0.168. The van der Waals surface area contributed by atoms with E-state index in [1.54, 1.807) is 0 Å². The van der Waals surface area contributed by atoms with E-state index in [-0.39, 0.29) is 28.1 Å². The molecule has 0 saturated carbocycles. The Labute approximate surface area is 186 Å². The zero-order valence-electron chi connectivity index (χ0n) is 16.2. The topological polar surface area (TPSA) is 101 Å². The van der Waals surface area contributed by atoms with Gasteiger partial charge >= 0.3 is 0 Å². The van der Waals surface area contributed by atoms with Crippen LogP contribution < -0.4 is 4.90 Å². The van der Waals surface area contributed by atoms with Gasteiger partial charge in [0.2, 0.25) is 0 Å². The van der Waals surface area contributed by atoms with Crippen molar-refractivity contribution in [3.63, 3.8) is 0 Å². The number of nitro benzene ring substituents is 1. The highest BCUT2D eigenvalue weighted by Crippen LogP contribution is 2.42. The van der Waals surface area contributed by atoms with Crippen molar-refractivity contribution in [1.82, 2.24) is 0 Å². The van der Waals surface area contributed by atoms with Gasteiger partial charge in [-0.3, -0.25) is 24.6 Å². The Kier molecular flexibility index (Phi) is 5.46. The molecule has 1 saturated heterocycles. The van der Waals surface area contributed by atoms with Crippen molar-refractivity contribution in [2.24, 2.45) is 0 Å². The summed E-state index contributed by atoms with van der Waals surface area (Å²) in [6.45, 7) is 0. The van der Waals surface area contributed by atoms with Crippen LogP contribution in [0.1, 0.15) is 17.2 Å². The minimum Gasteiger partial charge on any atom is -0.507 e. The highest BCUT2D eigenvalue weighted by molar-refractivity contribution is 6.51. The number of non-ortho nitro benzene ring substituents is 1. The molecular formula is C23H14ClFN2O5. The van der Waals surface area contributed by atoms with Gasteiger partial charge in [-0.05, 0) is 54.1 Å². The summed E-state index contributed by atoms with van der Waals surface area (Å²) in [7, 11) is 0. The summed E-state index contributed by atoms with van der Waals surface area (Å²) in [4.78, 5) is 37.8. The molecule has 0 unspecified atom stereocenters. The number of nitrogens with zero attached hydrogens (tertiary/aromatic N) is 2. The van der Waals surface area contributed by atoms with Gasteiger partial charge in [0.25, 0.3) is 17.4 Å². The summed E-state index contributed by atoms with van der Waals surface area (Å²) in [6.07, 6.45) is 0. The standard InChI is InChI=1S/C23H14ClFN2O5/c24-15-6-4-13(5-7-15)21(28)19-20(14-2-1-3-18(12-14)27(31)32)26(23(30)22(19)29)17-10-8-16(25)9-11-17/h1-12,20,28H/b21-19+/t20-/m0/s1. The van der Waals surface area contributed by atoms with Gasteiger partial charge in [0, 0.05) is 28.4 Å². The summed E-state index contributed by atoms with van der Waals surface area (Å²) >= 11 is 5.89. The SMILES string of the molecule is O=C1C(=O)N(c2ccc(F)cc2)[C@@H](c2cccc([N+](=O)[O-])c2)/C1=C(\O)c1ccc(Cl)cc1. The summed E-state index contributed by atoms with van der Waals surface area (Å²) in [6, 6.07) is 15.1. The third-order valence-corrected chi connectivity index (χ3v) is 5.32. The molecule has 9 heteroatoms. The van der Waals surface area contributed by atoms with Gasteiger partial charge in [-0.15, -0.1) is 0 Å². The first-order chi connectivity index (χ1) is 15.3. The van der Waals surface area contributed by atoms with E-state index in [1.807, 2.05) is 0 Å². The zero-order chi connectivity index (χ0) is 23.0. The molecule has 0 spiro atoms. The lowest BCUT2D eigenvalue weighted by atomic mass is 9.95. The molecule has 1 aliphatic rings. The fourth-order valence-electron chi connectivity index (χ4n) is 3.59. The number of aliphatic hydroxyl groups excluding tert-OH is 1. The highest BCUT2D eigenvalue weighted by atomic mass is 35.5. The lowest BCUT2D eigenvalue weighted by Crippen LogP contribution is -2.29. The molecule has 0 aromatic heterocycles. The van der Waals surface area contributed by atoms with Crippen LogP contribution >= 0.6 is 11.6 Å². The number of hydrogen-bond acceptors (Lipinski definition) is 5. The van der Waals surface area contributed by atoms with E-state index in [2.05, 4.69) is 0 Å². The van der Waals surface area contributed by atoms with Crippen LogP contribution in [0, 0.1) is 15.9 Å². The quantitative estimate of drug-likeness (QED) is 0.197. The van der Waals surface area contributed by atoms with Crippen LogP contribution in [-0.4, -0.2) is 21.7 Å². The molecule has 1 atom stereocenters. The number of rotatable bonds is 4.